The van der Waals surface area contributed by atoms with Crippen LogP contribution in [0.4, 0.5) is 5.69 Å². The van der Waals surface area contributed by atoms with Crippen molar-refractivity contribution in [3.05, 3.63) is 71.4 Å². The Hall–Kier alpha value is -2.06. The number of fused-ring (bicyclic) bond motifs is 1. The number of benzene rings is 2. The van der Waals surface area contributed by atoms with Gasteiger partial charge in [-0.05, 0) is 17.7 Å². The Morgan fingerprint density at radius 2 is 1.77 bits per heavy atom. The highest BCUT2D eigenvalue weighted by Gasteiger charge is 2.20. The third kappa shape index (κ3) is 2.93. The van der Waals surface area contributed by atoms with Gasteiger partial charge in [-0.1, -0.05) is 67.9 Å². The summed E-state index contributed by atoms with van der Waals surface area (Å²) < 4.78 is 0. The molecule has 0 atom stereocenters. The summed E-state index contributed by atoms with van der Waals surface area (Å²) in [5.41, 5.74) is 3.26. The lowest BCUT2D eigenvalue weighted by Crippen LogP contribution is -2.27. The van der Waals surface area contributed by atoms with Crippen LogP contribution in [0, 0.1) is 0 Å². The lowest BCUT2D eigenvalue weighted by molar-refractivity contribution is 0.557. The van der Waals surface area contributed by atoms with Crippen molar-refractivity contribution < 1.29 is 0 Å². The Labute approximate surface area is 136 Å². The Kier molecular flexibility index (Phi) is 4.04. The van der Waals surface area contributed by atoms with Crippen molar-refractivity contribution in [1.29, 1.82) is 0 Å². The molecule has 112 valence electrons. The van der Waals surface area contributed by atoms with E-state index in [1.165, 1.54) is 5.56 Å². The molecule has 3 heteroatoms. The second kappa shape index (κ2) is 5.98. The van der Waals surface area contributed by atoms with E-state index in [0.717, 1.165) is 23.1 Å². The summed E-state index contributed by atoms with van der Waals surface area (Å²) in [6.07, 6.45) is 1.80. The topological polar surface area (TPSA) is 24.9 Å². The first kappa shape index (κ1) is 14.9. The molecule has 0 amide bonds. The maximum absolute atomic E-state index is 6.22. The van der Waals surface area contributed by atoms with Crippen molar-refractivity contribution in [2.75, 3.05) is 11.9 Å². The molecule has 0 fully saturated rings. The van der Waals surface area contributed by atoms with Crippen LogP contribution in [0.3, 0.4) is 0 Å². The lowest BCUT2D eigenvalue weighted by atomic mass is 9.84. The van der Waals surface area contributed by atoms with Crippen molar-refractivity contribution >= 4 is 28.2 Å². The standard InChI is InChI=1S/C19H19ClN2/c1-19(2,14-7-4-3-5-8-14)13-22-17-11-12-21-18-15(17)9-6-10-16(18)20/h3-12H,13H2,1-2H3,(H,21,22). The zero-order chi connectivity index (χ0) is 15.6. The minimum atomic E-state index is 0.0371. The number of nitrogens with one attached hydrogen (secondary N) is 1. The summed E-state index contributed by atoms with van der Waals surface area (Å²) in [5.74, 6) is 0. The van der Waals surface area contributed by atoms with Gasteiger partial charge in [0.2, 0.25) is 0 Å². The van der Waals surface area contributed by atoms with Crippen molar-refractivity contribution in [2.45, 2.75) is 19.3 Å². The van der Waals surface area contributed by atoms with Crippen LogP contribution in [-0.2, 0) is 5.41 Å². The molecule has 2 aromatic carbocycles. The van der Waals surface area contributed by atoms with Crippen molar-refractivity contribution in [1.82, 2.24) is 4.98 Å². The Bertz CT molecular complexity index is 782. The number of hydrogen-bond donors (Lipinski definition) is 1. The molecule has 0 unspecified atom stereocenters. The van der Waals surface area contributed by atoms with E-state index in [4.69, 9.17) is 11.6 Å². The first-order chi connectivity index (χ1) is 10.6. The van der Waals surface area contributed by atoms with Crippen LogP contribution < -0.4 is 5.32 Å². The molecular weight excluding hydrogens is 292 g/mol. The fourth-order valence-electron chi connectivity index (χ4n) is 2.60. The molecule has 2 nitrogen and oxygen atoms in total. The van der Waals surface area contributed by atoms with Crippen LogP contribution >= 0.6 is 11.6 Å². The van der Waals surface area contributed by atoms with E-state index in [1.54, 1.807) is 6.20 Å². The fraction of sp³-hybridized carbons (Fsp3) is 0.211. The van der Waals surface area contributed by atoms with Crippen molar-refractivity contribution in [3.8, 4) is 0 Å². The van der Waals surface area contributed by atoms with E-state index in [0.29, 0.717) is 5.02 Å². The first-order valence-corrected chi connectivity index (χ1v) is 7.78. The van der Waals surface area contributed by atoms with E-state index in [2.05, 4.69) is 48.4 Å². The number of rotatable bonds is 4. The summed E-state index contributed by atoms with van der Waals surface area (Å²) in [5, 5.41) is 5.29. The molecule has 22 heavy (non-hydrogen) atoms. The van der Waals surface area contributed by atoms with E-state index in [1.807, 2.05) is 30.3 Å². The highest BCUT2D eigenvalue weighted by molar-refractivity contribution is 6.35. The van der Waals surface area contributed by atoms with Gasteiger partial charge in [0.1, 0.15) is 0 Å². The van der Waals surface area contributed by atoms with E-state index in [9.17, 15) is 0 Å². The molecule has 0 aliphatic heterocycles. The SMILES string of the molecule is CC(C)(CNc1ccnc2c(Cl)cccc12)c1ccccc1. The number of aromatic nitrogens is 1. The van der Waals surface area contributed by atoms with Gasteiger partial charge in [-0.25, -0.2) is 0 Å². The number of nitrogens with zero attached hydrogens (tertiary/aromatic N) is 1. The molecule has 1 heterocycles. The predicted octanol–water partition coefficient (Wildman–Crippen LogP) is 5.28. The highest BCUT2D eigenvalue weighted by atomic mass is 35.5. The molecule has 0 aliphatic carbocycles. The minimum Gasteiger partial charge on any atom is -0.384 e. The molecule has 0 radical (unpaired) electrons. The van der Waals surface area contributed by atoms with E-state index >= 15 is 0 Å². The number of hydrogen-bond acceptors (Lipinski definition) is 2. The summed E-state index contributed by atoms with van der Waals surface area (Å²) in [6.45, 7) is 5.32. The van der Waals surface area contributed by atoms with Crippen LogP contribution in [-0.4, -0.2) is 11.5 Å². The molecule has 0 bridgehead atoms. The zero-order valence-corrected chi connectivity index (χ0v) is 13.6. The molecule has 1 aromatic heterocycles. The molecule has 0 saturated heterocycles. The fourth-order valence-corrected chi connectivity index (χ4v) is 2.83. The molecule has 3 rings (SSSR count). The Morgan fingerprint density at radius 3 is 2.55 bits per heavy atom. The molecule has 0 saturated carbocycles. The minimum absolute atomic E-state index is 0.0371. The number of anilines is 1. The predicted molar refractivity (Wildman–Crippen MR) is 94.7 cm³/mol. The van der Waals surface area contributed by atoms with Crippen molar-refractivity contribution in [2.24, 2.45) is 0 Å². The maximum atomic E-state index is 6.22. The van der Waals surface area contributed by atoms with Gasteiger partial charge in [-0.15, -0.1) is 0 Å². The average molecular weight is 311 g/mol. The van der Waals surface area contributed by atoms with Gasteiger partial charge >= 0.3 is 0 Å². The zero-order valence-electron chi connectivity index (χ0n) is 12.8. The summed E-state index contributed by atoms with van der Waals surface area (Å²) in [7, 11) is 0. The van der Waals surface area contributed by atoms with Gasteiger partial charge in [0, 0.05) is 29.2 Å². The lowest BCUT2D eigenvalue weighted by Gasteiger charge is -2.26. The molecule has 1 N–H and O–H groups in total. The van der Waals surface area contributed by atoms with Gasteiger partial charge in [0.15, 0.2) is 0 Å². The van der Waals surface area contributed by atoms with E-state index in [-0.39, 0.29) is 5.41 Å². The molecular formula is C19H19ClN2. The molecule has 0 spiro atoms. The van der Waals surface area contributed by atoms with Gasteiger partial charge < -0.3 is 5.32 Å². The van der Waals surface area contributed by atoms with Crippen LogP contribution in [0.5, 0.6) is 0 Å². The van der Waals surface area contributed by atoms with Gasteiger partial charge in [-0.2, -0.15) is 0 Å². The summed E-state index contributed by atoms with van der Waals surface area (Å²) in [6, 6.07) is 18.4. The quantitative estimate of drug-likeness (QED) is 0.709. The third-order valence-corrected chi connectivity index (χ3v) is 4.30. The number of para-hydroxylation sites is 1. The third-order valence-electron chi connectivity index (χ3n) is 4.00. The second-order valence-corrected chi connectivity index (χ2v) is 6.51. The van der Waals surface area contributed by atoms with Gasteiger partial charge in [0.25, 0.3) is 0 Å². The second-order valence-electron chi connectivity index (χ2n) is 6.10. The number of halogens is 1. The van der Waals surface area contributed by atoms with Crippen LogP contribution in [0.25, 0.3) is 10.9 Å². The maximum Gasteiger partial charge on any atom is 0.0908 e. The summed E-state index contributed by atoms with van der Waals surface area (Å²) in [4.78, 5) is 4.37. The van der Waals surface area contributed by atoms with Gasteiger partial charge in [-0.3, -0.25) is 4.98 Å². The first-order valence-electron chi connectivity index (χ1n) is 7.40. The Morgan fingerprint density at radius 1 is 1.00 bits per heavy atom. The molecule has 0 aliphatic rings. The highest BCUT2D eigenvalue weighted by Crippen LogP contribution is 2.29. The average Bonchev–Trinajstić information content (AvgIpc) is 2.54. The largest absolute Gasteiger partial charge is 0.384 e. The molecule has 3 aromatic rings. The van der Waals surface area contributed by atoms with E-state index < -0.39 is 0 Å². The normalized spacial score (nSPS) is 11.6. The van der Waals surface area contributed by atoms with Crippen molar-refractivity contribution in [3.63, 3.8) is 0 Å². The van der Waals surface area contributed by atoms with Crippen LogP contribution in [0.15, 0.2) is 60.8 Å². The van der Waals surface area contributed by atoms with Crippen LogP contribution in [0.1, 0.15) is 19.4 Å². The van der Waals surface area contributed by atoms with Crippen LogP contribution in [0.2, 0.25) is 5.02 Å². The number of pyridine rings is 1. The Balaban J connectivity index is 1.87. The summed E-state index contributed by atoms with van der Waals surface area (Å²) >= 11 is 6.22. The monoisotopic (exact) mass is 310 g/mol. The smallest absolute Gasteiger partial charge is 0.0908 e. The van der Waals surface area contributed by atoms with Gasteiger partial charge in [0.05, 0.1) is 10.5 Å².